The number of aryl methyl sites for hydroxylation is 1. The quantitative estimate of drug-likeness (QED) is 0.323. The van der Waals surface area contributed by atoms with E-state index in [4.69, 9.17) is 0 Å². The van der Waals surface area contributed by atoms with Gasteiger partial charge in [-0.15, -0.1) is 0 Å². The van der Waals surface area contributed by atoms with Crippen LogP contribution in [0.5, 0.6) is 0 Å². The molecule has 0 saturated carbocycles. The summed E-state index contributed by atoms with van der Waals surface area (Å²) >= 11 is 0. The minimum atomic E-state index is 1.07. The van der Waals surface area contributed by atoms with E-state index in [0.717, 1.165) is 12.8 Å². The van der Waals surface area contributed by atoms with Gasteiger partial charge in [-0.3, -0.25) is 0 Å². The average Bonchev–Trinajstić information content (AvgIpc) is 3.08. The van der Waals surface area contributed by atoms with E-state index in [0.29, 0.717) is 0 Å². The van der Waals surface area contributed by atoms with E-state index in [-0.39, 0.29) is 0 Å². The van der Waals surface area contributed by atoms with Crippen molar-refractivity contribution in [2.45, 2.75) is 19.8 Å². The molecule has 7 rings (SSSR count). The molecule has 0 saturated heterocycles. The van der Waals surface area contributed by atoms with Crippen molar-refractivity contribution in [2.75, 3.05) is 0 Å². The highest BCUT2D eigenvalue weighted by Crippen LogP contribution is 2.40. The van der Waals surface area contributed by atoms with Gasteiger partial charge in [0, 0.05) is 16.5 Å². The molecule has 2 bridgehead atoms. The Kier molecular flexibility index (Phi) is 3.28. The van der Waals surface area contributed by atoms with Crippen LogP contribution < -0.4 is 0 Å². The van der Waals surface area contributed by atoms with Crippen LogP contribution in [0.3, 0.4) is 0 Å². The van der Waals surface area contributed by atoms with Crippen LogP contribution in [0.2, 0.25) is 0 Å². The lowest BCUT2D eigenvalue weighted by Crippen LogP contribution is -2.05. The SMILES string of the molecule is CCc1ccc2c(c1)c1cc3cc(c1n2-c1ccc(-c2ccccc2)cc1)C3. The lowest BCUT2D eigenvalue weighted by atomic mass is 9.89. The highest BCUT2D eigenvalue weighted by molar-refractivity contribution is 6.11. The predicted octanol–water partition coefficient (Wildman–Crippen LogP) is 6.92. The Morgan fingerprint density at radius 3 is 2.25 bits per heavy atom. The molecule has 5 aromatic rings. The molecule has 2 aliphatic carbocycles. The second-order valence-electron chi connectivity index (χ2n) is 7.78. The molecule has 0 unspecified atom stereocenters. The van der Waals surface area contributed by atoms with Gasteiger partial charge in [0.05, 0.1) is 11.0 Å². The van der Waals surface area contributed by atoms with Gasteiger partial charge < -0.3 is 4.57 Å². The fraction of sp³-hybridized carbons (Fsp3) is 0.111. The third-order valence-corrected chi connectivity index (χ3v) is 6.10. The van der Waals surface area contributed by atoms with Crippen LogP contribution in [0.4, 0.5) is 0 Å². The maximum absolute atomic E-state index is 2.46. The molecule has 1 nitrogen and oxygen atoms in total. The van der Waals surface area contributed by atoms with Crippen molar-refractivity contribution in [3.05, 3.63) is 102 Å². The molecule has 0 fully saturated rings. The first-order valence-corrected chi connectivity index (χ1v) is 10.1. The van der Waals surface area contributed by atoms with E-state index < -0.39 is 0 Å². The number of benzene rings is 4. The number of hydrogen-bond donors (Lipinski definition) is 0. The van der Waals surface area contributed by atoms with Gasteiger partial charge in [-0.1, -0.05) is 61.5 Å². The van der Waals surface area contributed by atoms with Crippen LogP contribution in [0, 0.1) is 0 Å². The van der Waals surface area contributed by atoms with Crippen LogP contribution in [-0.2, 0) is 12.8 Å². The van der Waals surface area contributed by atoms with Gasteiger partial charge in [-0.2, -0.15) is 0 Å². The Hall–Kier alpha value is -3.32. The monoisotopic (exact) mass is 359 g/mol. The highest BCUT2D eigenvalue weighted by atomic mass is 15.0. The van der Waals surface area contributed by atoms with E-state index >= 15 is 0 Å². The summed E-state index contributed by atoms with van der Waals surface area (Å²) in [5, 5.41) is 2.78. The van der Waals surface area contributed by atoms with Gasteiger partial charge in [0.15, 0.2) is 0 Å². The molecule has 0 radical (unpaired) electrons. The predicted molar refractivity (Wildman–Crippen MR) is 118 cm³/mol. The van der Waals surface area contributed by atoms with Gasteiger partial charge >= 0.3 is 0 Å². The lowest BCUT2D eigenvalue weighted by Gasteiger charge is -2.19. The zero-order valence-electron chi connectivity index (χ0n) is 15.9. The molecule has 134 valence electrons. The van der Waals surface area contributed by atoms with Crippen molar-refractivity contribution in [1.82, 2.24) is 4.57 Å². The third kappa shape index (κ3) is 2.20. The van der Waals surface area contributed by atoms with Crippen LogP contribution in [0.25, 0.3) is 38.6 Å². The summed E-state index contributed by atoms with van der Waals surface area (Å²) in [6, 6.07) is 31.3. The Labute approximate surface area is 164 Å². The molecular formula is C27H21N. The number of hydrogen-bond acceptors (Lipinski definition) is 0. The fourth-order valence-electron chi connectivity index (χ4n) is 4.59. The summed E-state index contributed by atoms with van der Waals surface area (Å²) in [5.41, 5.74) is 10.8. The molecule has 2 aliphatic rings. The molecule has 0 aliphatic heterocycles. The Balaban J connectivity index is 1.60. The van der Waals surface area contributed by atoms with E-state index in [1.54, 1.807) is 0 Å². The van der Waals surface area contributed by atoms with Crippen LogP contribution in [0.1, 0.15) is 23.6 Å². The number of rotatable bonds is 3. The zero-order valence-corrected chi connectivity index (χ0v) is 15.9. The van der Waals surface area contributed by atoms with Gasteiger partial charge in [0.25, 0.3) is 0 Å². The molecule has 4 aromatic carbocycles. The Bertz CT molecular complexity index is 1340. The maximum atomic E-state index is 2.46. The summed E-state index contributed by atoms with van der Waals surface area (Å²) in [6.45, 7) is 2.23. The number of aromatic nitrogens is 1. The molecule has 0 spiro atoms. The first kappa shape index (κ1) is 15.7. The number of fused-ring (bicyclic) bond motifs is 1. The van der Waals surface area contributed by atoms with Crippen LogP contribution >= 0.6 is 0 Å². The van der Waals surface area contributed by atoms with E-state index in [1.165, 1.54) is 55.3 Å². The van der Waals surface area contributed by atoms with E-state index in [2.05, 4.69) is 96.4 Å². The standard InChI is InChI=1S/C27H21N/c1-2-18-8-13-26-24(16-18)25-17-19-14-22(15-19)27(25)28(26)23-11-9-21(10-12-23)20-6-4-3-5-7-20/h3-14,16-17H,2,15H2,1H3. The molecule has 28 heavy (non-hydrogen) atoms. The van der Waals surface area contributed by atoms with Gasteiger partial charge in [-0.25, -0.2) is 0 Å². The molecule has 1 heterocycles. The van der Waals surface area contributed by atoms with Gasteiger partial charge in [0.1, 0.15) is 0 Å². The van der Waals surface area contributed by atoms with Crippen LogP contribution in [0.15, 0.2) is 84.9 Å². The van der Waals surface area contributed by atoms with Crippen molar-refractivity contribution in [3.8, 4) is 16.8 Å². The molecule has 0 N–H and O–H groups in total. The molecule has 1 aromatic heterocycles. The normalized spacial score (nSPS) is 12.5. The minimum Gasteiger partial charge on any atom is -0.309 e. The molecular weight excluding hydrogens is 338 g/mol. The first-order chi connectivity index (χ1) is 13.8. The third-order valence-electron chi connectivity index (χ3n) is 6.10. The maximum Gasteiger partial charge on any atom is 0.0576 e. The fourth-order valence-corrected chi connectivity index (χ4v) is 4.59. The molecule has 0 amide bonds. The summed E-state index contributed by atoms with van der Waals surface area (Å²) in [5.74, 6) is 0. The summed E-state index contributed by atoms with van der Waals surface area (Å²) in [7, 11) is 0. The zero-order chi connectivity index (χ0) is 18.7. The Morgan fingerprint density at radius 2 is 1.50 bits per heavy atom. The van der Waals surface area contributed by atoms with Crippen molar-refractivity contribution in [3.63, 3.8) is 0 Å². The first-order valence-electron chi connectivity index (χ1n) is 10.1. The van der Waals surface area contributed by atoms with E-state index in [9.17, 15) is 0 Å². The topological polar surface area (TPSA) is 4.93 Å². The smallest absolute Gasteiger partial charge is 0.0576 e. The van der Waals surface area contributed by atoms with Gasteiger partial charge in [0.2, 0.25) is 0 Å². The highest BCUT2D eigenvalue weighted by Gasteiger charge is 2.21. The largest absolute Gasteiger partial charge is 0.309 e. The van der Waals surface area contributed by atoms with Crippen molar-refractivity contribution >= 4 is 21.8 Å². The minimum absolute atomic E-state index is 1.07. The lowest BCUT2D eigenvalue weighted by molar-refractivity contribution is 1.08. The second kappa shape index (κ2) is 5.84. The molecule has 1 heteroatoms. The average molecular weight is 359 g/mol. The van der Waals surface area contributed by atoms with E-state index in [1.807, 2.05) is 0 Å². The van der Waals surface area contributed by atoms with Crippen LogP contribution in [-0.4, -0.2) is 4.57 Å². The second-order valence-corrected chi connectivity index (χ2v) is 7.78. The van der Waals surface area contributed by atoms with Crippen molar-refractivity contribution < 1.29 is 0 Å². The van der Waals surface area contributed by atoms with Crippen molar-refractivity contribution in [2.24, 2.45) is 0 Å². The van der Waals surface area contributed by atoms with Gasteiger partial charge in [-0.05, 0) is 71.0 Å². The summed E-state index contributed by atoms with van der Waals surface area (Å²) < 4.78 is 2.46. The number of nitrogens with zero attached hydrogens (tertiary/aromatic N) is 1. The summed E-state index contributed by atoms with van der Waals surface area (Å²) in [6.07, 6.45) is 2.17. The Morgan fingerprint density at radius 1 is 0.750 bits per heavy atom. The van der Waals surface area contributed by atoms with Crippen molar-refractivity contribution in [1.29, 1.82) is 0 Å². The molecule has 0 atom stereocenters. The summed E-state index contributed by atoms with van der Waals surface area (Å²) in [4.78, 5) is 0.